The first kappa shape index (κ1) is 28.4. The van der Waals surface area contributed by atoms with E-state index in [0.717, 1.165) is 65.9 Å². The van der Waals surface area contributed by atoms with Gasteiger partial charge in [-0.05, 0) is 63.5 Å². The Balaban J connectivity index is 0.000000166. The van der Waals surface area contributed by atoms with Gasteiger partial charge < -0.3 is 8.82 Å². The number of pyridine rings is 1. The van der Waals surface area contributed by atoms with Gasteiger partial charge in [-0.15, -0.1) is 65.0 Å². The van der Waals surface area contributed by atoms with Crippen LogP contribution in [-0.2, 0) is 25.5 Å². The van der Waals surface area contributed by atoms with Crippen LogP contribution in [0.1, 0.15) is 36.0 Å². The number of para-hydroxylation sites is 2. The van der Waals surface area contributed by atoms with E-state index in [0.29, 0.717) is 11.4 Å². The Morgan fingerprint density at radius 2 is 1.46 bits per heavy atom. The Kier molecular flexibility index (Phi) is 6.92. The number of hydrogen-bond donors (Lipinski definition) is 0. The van der Waals surface area contributed by atoms with Gasteiger partial charge in [0.1, 0.15) is 11.2 Å². The second-order valence-electron chi connectivity index (χ2n) is 13.4. The van der Waals surface area contributed by atoms with Crippen molar-refractivity contribution in [3.8, 4) is 11.4 Å². The molecule has 10 aromatic rings. The fourth-order valence-corrected chi connectivity index (χ4v) is 6.60. The second kappa shape index (κ2) is 12.2. The SMILES string of the molecule is [2H]C([2H])([2H])c1c[c-]c(-c2ncc(C(C)(C)C)cn2)cc1.[Ir].[c-]1cccc2c1c1nc3ccccc3n1c1cc3c(cc21)oc1cc2ccccc2cc13. The standard InChI is InChI=1S/C29H15N2O.C15H17N2.Ir/c1-2-8-18-14-27-22(13-17(18)7-1)23-15-26-21(16-28(23)32-27)19-9-3-4-10-20(19)29-30-24-11-5-6-12-25(24)31(26)29;1-11-5-7-12(8-6-11)14-16-9-13(10-17-14)15(2,3)4;/h1-9,11-16H;5-7,9-10H,1-4H3;/q2*-1;/i;1D3;. The first-order valence-corrected chi connectivity index (χ1v) is 16.3. The summed E-state index contributed by atoms with van der Waals surface area (Å²) in [6.07, 6.45) is 3.60. The molecule has 0 aliphatic rings. The summed E-state index contributed by atoms with van der Waals surface area (Å²) in [6.45, 7) is 4.19. The Labute approximate surface area is 307 Å². The molecule has 0 amide bonds. The van der Waals surface area contributed by atoms with Gasteiger partial charge in [-0.1, -0.05) is 69.4 Å². The van der Waals surface area contributed by atoms with E-state index in [2.05, 4.69) is 120 Å². The largest absolute Gasteiger partial charge is 0.456 e. The molecular weight excluding hydrogens is 793 g/mol. The number of aryl methyl sites for hydroxylation is 1. The maximum absolute atomic E-state index is 7.33. The fraction of sp³-hybridized carbons (Fsp3) is 0.114. The fourth-order valence-electron chi connectivity index (χ4n) is 6.60. The zero-order valence-corrected chi connectivity index (χ0v) is 30.0. The molecule has 6 aromatic carbocycles. The average Bonchev–Trinajstić information content (AvgIpc) is 3.71. The van der Waals surface area contributed by atoms with Crippen LogP contribution in [0.3, 0.4) is 0 Å². The monoisotopic (exact) mass is 828 g/mol. The molecule has 0 unspecified atom stereocenters. The summed E-state index contributed by atoms with van der Waals surface area (Å²) in [5.74, 6) is 0.551. The van der Waals surface area contributed by atoms with Crippen molar-refractivity contribution < 1.29 is 28.6 Å². The molecule has 4 heterocycles. The van der Waals surface area contributed by atoms with E-state index in [1.165, 1.54) is 16.8 Å². The molecule has 1 radical (unpaired) electrons. The Morgan fingerprint density at radius 3 is 2.22 bits per heavy atom. The summed E-state index contributed by atoms with van der Waals surface area (Å²) in [7, 11) is 0. The molecule has 6 heteroatoms. The van der Waals surface area contributed by atoms with Crippen LogP contribution >= 0.6 is 0 Å². The third kappa shape index (κ3) is 5.32. The average molecular weight is 828 g/mol. The molecule has 4 aromatic heterocycles. The molecule has 5 nitrogen and oxygen atoms in total. The minimum Gasteiger partial charge on any atom is -0.456 e. The molecule has 0 atom stereocenters. The van der Waals surface area contributed by atoms with Crippen molar-refractivity contribution in [1.29, 1.82) is 0 Å². The Hall–Kier alpha value is -5.42. The maximum Gasteiger partial charge on any atom is 0.136 e. The van der Waals surface area contributed by atoms with E-state index in [1.807, 2.05) is 18.2 Å². The van der Waals surface area contributed by atoms with Crippen LogP contribution in [0.5, 0.6) is 0 Å². The molecule has 0 spiro atoms. The summed E-state index contributed by atoms with van der Waals surface area (Å²) < 4.78 is 30.6. The Bertz CT molecular complexity index is 2920. The van der Waals surface area contributed by atoms with Crippen molar-refractivity contribution in [2.24, 2.45) is 0 Å². The van der Waals surface area contributed by atoms with Crippen molar-refractivity contribution in [3.05, 3.63) is 145 Å². The van der Waals surface area contributed by atoms with Crippen molar-refractivity contribution in [2.75, 3.05) is 0 Å². The van der Waals surface area contributed by atoms with Crippen LogP contribution in [0.4, 0.5) is 0 Å². The smallest absolute Gasteiger partial charge is 0.136 e. The molecule has 245 valence electrons. The Morgan fingerprint density at radius 1 is 0.720 bits per heavy atom. The summed E-state index contributed by atoms with van der Waals surface area (Å²) in [5.41, 5.74) is 8.00. The van der Waals surface area contributed by atoms with Crippen LogP contribution in [0.2, 0.25) is 0 Å². The number of furan rings is 1. The molecule has 0 saturated heterocycles. The summed E-state index contributed by atoms with van der Waals surface area (Å²) in [6, 6.07) is 42.8. The van der Waals surface area contributed by atoms with Gasteiger partial charge in [0, 0.05) is 52.9 Å². The zero-order chi connectivity index (χ0) is 35.8. The van der Waals surface area contributed by atoms with Crippen molar-refractivity contribution in [1.82, 2.24) is 19.4 Å². The van der Waals surface area contributed by atoms with Gasteiger partial charge in [0.05, 0.1) is 22.5 Å². The molecule has 0 aliphatic heterocycles. The van der Waals surface area contributed by atoms with E-state index >= 15 is 0 Å². The number of nitrogens with zero attached hydrogens (tertiary/aromatic N) is 4. The van der Waals surface area contributed by atoms with Crippen LogP contribution in [0.15, 0.2) is 126 Å². The van der Waals surface area contributed by atoms with Gasteiger partial charge in [0.2, 0.25) is 0 Å². The van der Waals surface area contributed by atoms with E-state index in [9.17, 15) is 0 Å². The number of hydrogen-bond acceptors (Lipinski definition) is 4. The number of aromatic nitrogens is 4. The van der Waals surface area contributed by atoms with Gasteiger partial charge >= 0.3 is 0 Å². The van der Waals surface area contributed by atoms with Gasteiger partial charge in [0.25, 0.3) is 0 Å². The summed E-state index contributed by atoms with van der Waals surface area (Å²) in [5, 5.41) is 7.97. The van der Waals surface area contributed by atoms with Gasteiger partial charge in [-0.3, -0.25) is 15.0 Å². The summed E-state index contributed by atoms with van der Waals surface area (Å²) in [4.78, 5) is 13.6. The molecule has 0 N–H and O–H groups in total. The predicted molar refractivity (Wildman–Crippen MR) is 201 cm³/mol. The molecule has 10 rings (SSSR count). The van der Waals surface area contributed by atoms with E-state index in [4.69, 9.17) is 13.5 Å². The molecule has 0 bridgehead atoms. The molecule has 50 heavy (non-hydrogen) atoms. The maximum atomic E-state index is 7.33. The van der Waals surface area contributed by atoms with Crippen molar-refractivity contribution in [3.63, 3.8) is 0 Å². The minimum absolute atomic E-state index is 0. The quantitative estimate of drug-likeness (QED) is 0.122. The van der Waals surface area contributed by atoms with Gasteiger partial charge in [-0.25, -0.2) is 0 Å². The van der Waals surface area contributed by atoms with E-state index in [1.54, 1.807) is 24.5 Å². The second-order valence-corrected chi connectivity index (χ2v) is 13.4. The van der Waals surface area contributed by atoms with Crippen molar-refractivity contribution in [2.45, 2.75) is 33.0 Å². The van der Waals surface area contributed by atoms with E-state index < -0.39 is 6.85 Å². The van der Waals surface area contributed by atoms with Gasteiger partial charge in [0.15, 0.2) is 0 Å². The first-order valence-electron chi connectivity index (χ1n) is 17.8. The normalized spacial score (nSPS) is 13.0. The van der Waals surface area contributed by atoms with Crippen LogP contribution in [-0.4, -0.2) is 19.4 Å². The van der Waals surface area contributed by atoms with Crippen LogP contribution < -0.4 is 0 Å². The third-order valence-corrected chi connectivity index (χ3v) is 9.20. The number of rotatable bonds is 1. The third-order valence-electron chi connectivity index (χ3n) is 9.20. The molecule has 0 aliphatic carbocycles. The zero-order valence-electron chi connectivity index (χ0n) is 30.6. The topological polar surface area (TPSA) is 56.2 Å². The first-order chi connectivity index (χ1) is 25.0. The van der Waals surface area contributed by atoms with Crippen molar-refractivity contribution >= 4 is 71.1 Å². The summed E-state index contributed by atoms with van der Waals surface area (Å²) >= 11 is 0. The number of benzene rings is 6. The van der Waals surface area contributed by atoms with E-state index in [-0.39, 0.29) is 31.1 Å². The number of fused-ring (bicyclic) bond motifs is 12. The molecule has 0 saturated carbocycles. The predicted octanol–water partition coefficient (Wildman–Crippen LogP) is 11.2. The van der Waals surface area contributed by atoms with Gasteiger partial charge in [-0.2, -0.15) is 0 Å². The van der Waals surface area contributed by atoms with Crippen LogP contribution in [0.25, 0.3) is 82.5 Å². The molecule has 0 fully saturated rings. The van der Waals surface area contributed by atoms with Crippen LogP contribution in [0, 0.1) is 19.0 Å². The minimum atomic E-state index is -2.11. The molecular formula is C44H32IrN4O-2. The number of imidazole rings is 1.